The smallest absolute Gasteiger partial charge is 0.416 e. The third-order valence-electron chi connectivity index (χ3n) is 3.01. The lowest BCUT2D eigenvalue weighted by Gasteiger charge is -2.06. The molecule has 0 aliphatic rings. The van der Waals surface area contributed by atoms with Crippen LogP contribution in [0.2, 0.25) is 0 Å². The number of carbonyl (C=O) groups is 2. The van der Waals surface area contributed by atoms with Crippen LogP contribution in [0, 0.1) is 11.3 Å². The van der Waals surface area contributed by atoms with Gasteiger partial charge in [0.05, 0.1) is 11.1 Å². The van der Waals surface area contributed by atoms with Crippen molar-refractivity contribution in [1.29, 1.82) is 5.26 Å². The van der Waals surface area contributed by atoms with Gasteiger partial charge in [0.2, 0.25) is 0 Å². The van der Waals surface area contributed by atoms with Crippen molar-refractivity contribution in [1.82, 2.24) is 0 Å². The van der Waals surface area contributed by atoms with Gasteiger partial charge in [0.1, 0.15) is 11.1 Å². The van der Waals surface area contributed by atoms with E-state index in [2.05, 4.69) is 5.32 Å². The highest BCUT2D eigenvalue weighted by Gasteiger charge is 2.30. The summed E-state index contributed by atoms with van der Waals surface area (Å²) in [4.78, 5) is 23.2. The predicted octanol–water partition coefficient (Wildman–Crippen LogP) is 3.83. The number of carbonyl (C=O) groups excluding carboxylic acids is 2. The first-order valence-electron chi connectivity index (χ1n) is 7.09. The molecule has 0 saturated heterocycles. The Kier molecular flexibility index (Phi) is 6.14. The number of hydrogen-bond acceptors (Lipinski definition) is 5. The maximum Gasteiger partial charge on any atom is 0.416 e. The summed E-state index contributed by atoms with van der Waals surface area (Å²) in [5.41, 5.74) is -0.380. The van der Waals surface area contributed by atoms with Gasteiger partial charge in [-0.3, -0.25) is 4.79 Å². The van der Waals surface area contributed by atoms with Gasteiger partial charge in [-0.2, -0.15) is 18.4 Å². The summed E-state index contributed by atoms with van der Waals surface area (Å²) in [5.74, 6) is -1.52. The summed E-state index contributed by atoms with van der Waals surface area (Å²) in [6, 6.07) is 7.84. The number of nitrogens with zero attached hydrogens (tertiary/aromatic N) is 1. The van der Waals surface area contributed by atoms with Crippen molar-refractivity contribution in [3.8, 4) is 6.07 Å². The monoisotopic (exact) mass is 380 g/mol. The lowest BCUT2D eigenvalue weighted by atomic mass is 10.1. The fourth-order valence-corrected chi connectivity index (χ4v) is 2.58. The zero-order valence-corrected chi connectivity index (χ0v) is 13.9. The van der Waals surface area contributed by atoms with E-state index in [1.807, 2.05) is 6.07 Å². The molecule has 0 aliphatic carbocycles. The molecule has 0 atom stereocenters. The number of anilines is 1. The van der Waals surface area contributed by atoms with Crippen LogP contribution in [0.15, 0.2) is 41.8 Å². The Morgan fingerprint density at radius 3 is 2.77 bits per heavy atom. The van der Waals surface area contributed by atoms with Gasteiger partial charge in [0, 0.05) is 6.08 Å². The zero-order chi connectivity index (χ0) is 19.2. The van der Waals surface area contributed by atoms with Gasteiger partial charge in [-0.1, -0.05) is 12.1 Å². The molecule has 1 heterocycles. The molecular weight excluding hydrogens is 369 g/mol. The third kappa shape index (κ3) is 5.46. The molecule has 0 fully saturated rings. The highest BCUT2D eigenvalue weighted by molar-refractivity contribution is 7.14. The second-order valence-electron chi connectivity index (χ2n) is 4.89. The Bertz CT molecular complexity index is 882. The van der Waals surface area contributed by atoms with Crippen LogP contribution >= 0.6 is 11.3 Å². The molecule has 2 rings (SSSR count). The topological polar surface area (TPSA) is 79.2 Å². The van der Waals surface area contributed by atoms with E-state index in [0.717, 1.165) is 35.6 Å². The van der Waals surface area contributed by atoms with Crippen molar-refractivity contribution in [2.24, 2.45) is 0 Å². The van der Waals surface area contributed by atoms with Crippen LogP contribution in [0.25, 0.3) is 6.08 Å². The number of halogens is 3. The van der Waals surface area contributed by atoms with Crippen LogP contribution < -0.4 is 5.32 Å². The van der Waals surface area contributed by atoms with E-state index in [1.165, 1.54) is 18.2 Å². The molecule has 0 spiro atoms. The minimum atomic E-state index is -4.48. The second-order valence-corrected chi connectivity index (χ2v) is 5.80. The van der Waals surface area contributed by atoms with Gasteiger partial charge in [0.15, 0.2) is 6.61 Å². The molecule has 0 saturated carbocycles. The molecule has 1 N–H and O–H groups in total. The highest BCUT2D eigenvalue weighted by atomic mass is 32.1. The number of alkyl halides is 3. The summed E-state index contributed by atoms with van der Waals surface area (Å²) in [5, 5.41) is 13.2. The molecule has 1 aromatic carbocycles. The zero-order valence-electron chi connectivity index (χ0n) is 13.0. The Morgan fingerprint density at radius 1 is 1.31 bits per heavy atom. The van der Waals surface area contributed by atoms with Crippen LogP contribution in [-0.2, 0) is 20.5 Å². The molecule has 0 bridgehead atoms. The van der Waals surface area contributed by atoms with E-state index in [1.54, 1.807) is 5.38 Å². The van der Waals surface area contributed by atoms with E-state index in [4.69, 9.17) is 10.00 Å². The standard InChI is InChI=1S/C17H11F3N2O3S/c18-17(19,20)13-3-1-2-11(8-13)4-5-15(24)25-10-14(23)22-16-12(9-21)6-7-26-16/h1-8H,10H2,(H,22,23). The van der Waals surface area contributed by atoms with Gasteiger partial charge < -0.3 is 10.1 Å². The van der Waals surface area contributed by atoms with Crippen molar-refractivity contribution in [2.75, 3.05) is 11.9 Å². The van der Waals surface area contributed by atoms with E-state index >= 15 is 0 Å². The Balaban J connectivity index is 1.88. The maximum absolute atomic E-state index is 12.6. The first-order valence-corrected chi connectivity index (χ1v) is 7.97. The Hall–Kier alpha value is -3.12. The number of nitrogens with one attached hydrogen (secondary N) is 1. The molecule has 0 radical (unpaired) electrons. The first kappa shape index (κ1) is 19.2. The molecule has 1 amide bonds. The van der Waals surface area contributed by atoms with Gasteiger partial charge in [0.25, 0.3) is 5.91 Å². The summed E-state index contributed by atoms with van der Waals surface area (Å²) in [6.07, 6.45) is -2.40. The Morgan fingerprint density at radius 2 is 2.08 bits per heavy atom. The fourth-order valence-electron chi connectivity index (χ4n) is 1.82. The molecule has 9 heteroatoms. The third-order valence-corrected chi connectivity index (χ3v) is 3.84. The molecule has 5 nitrogen and oxygen atoms in total. The number of rotatable bonds is 5. The summed E-state index contributed by atoms with van der Waals surface area (Å²) >= 11 is 1.15. The van der Waals surface area contributed by atoms with Crippen LogP contribution in [0.5, 0.6) is 0 Å². The van der Waals surface area contributed by atoms with E-state index < -0.39 is 30.2 Å². The largest absolute Gasteiger partial charge is 0.452 e. The maximum atomic E-state index is 12.6. The van der Waals surface area contributed by atoms with E-state index in [-0.39, 0.29) is 5.56 Å². The first-order chi connectivity index (χ1) is 12.3. The Labute approximate surface area is 150 Å². The van der Waals surface area contributed by atoms with Crippen LogP contribution in [0.4, 0.5) is 18.2 Å². The lowest BCUT2D eigenvalue weighted by Crippen LogP contribution is -2.20. The number of hydrogen-bond donors (Lipinski definition) is 1. The van der Waals surface area contributed by atoms with Crippen LogP contribution in [0.1, 0.15) is 16.7 Å². The van der Waals surface area contributed by atoms with E-state index in [9.17, 15) is 22.8 Å². The number of ether oxygens (including phenoxy) is 1. The normalized spacial score (nSPS) is 11.2. The number of nitriles is 1. The minimum absolute atomic E-state index is 0.165. The fraction of sp³-hybridized carbons (Fsp3) is 0.118. The predicted molar refractivity (Wildman–Crippen MR) is 89.1 cm³/mol. The molecule has 0 unspecified atom stereocenters. The summed E-state index contributed by atoms with van der Waals surface area (Å²) in [6.45, 7) is -0.589. The van der Waals surface area contributed by atoms with Crippen LogP contribution in [0.3, 0.4) is 0 Å². The molecule has 1 aromatic heterocycles. The van der Waals surface area contributed by atoms with Crippen molar-refractivity contribution in [3.63, 3.8) is 0 Å². The molecule has 134 valence electrons. The van der Waals surface area contributed by atoms with Crippen LogP contribution in [-0.4, -0.2) is 18.5 Å². The van der Waals surface area contributed by atoms with Crippen molar-refractivity contribution in [2.45, 2.75) is 6.18 Å². The molecule has 0 aliphatic heterocycles. The number of thiophene rings is 1. The van der Waals surface area contributed by atoms with Crippen molar-refractivity contribution in [3.05, 3.63) is 58.5 Å². The van der Waals surface area contributed by atoms with Crippen molar-refractivity contribution >= 4 is 34.3 Å². The molecular formula is C17H11F3N2O3S. The SMILES string of the molecule is N#Cc1ccsc1NC(=O)COC(=O)C=Cc1cccc(C(F)(F)F)c1. The average molecular weight is 380 g/mol. The number of benzene rings is 1. The van der Waals surface area contributed by atoms with Gasteiger partial charge in [-0.25, -0.2) is 4.79 Å². The van der Waals surface area contributed by atoms with E-state index in [0.29, 0.717) is 10.6 Å². The number of amides is 1. The second kappa shape index (κ2) is 8.31. The lowest BCUT2D eigenvalue weighted by molar-refractivity contribution is -0.142. The van der Waals surface area contributed by atoms with Gasteiger partial charge in [-0.15, -0.1) is 11.3 Å². The number of esters is 1. The average Bonchev–Trinajstić information content (AvgIpc) is 3.04. The highest BCUT2D eigenvalue weighted by Crippen LogP contribution is 2.29. The van der Waals surface area contributed by atoms with Gasteiger partial charge >= 0.3 is 12.1 Å². The minimum Gasteiger partial charge on any atom is -0.452 e. The summed E-state index contributed by atoms with van der Waals surface area (Å²) in [7, 11) is 0. The summed E-state index contributed by atoms with van der Waals surface area (Å²) < 4.78 is 42.5. The molecule has 2 aromatic rings. The molecule has 26 heavy (non-hydrogen) atoms. The van der Waals surface area contributed by atoms with Crippen molar-refractivity contribution < 1.29 is 27.5 Å². The quantitative estimate of drug-likeness (QED) is 0.632. The van der Waals surface area contributed by atoms with Gasteiger partial charge in [-0.05, 0) is 35.2 Å².